The summed E-state index contributed by atoms with van der Waals surface area (Å²) in [5, 5.41) is 3.82. The Morgan fingerprint density at radius 2 is 1.70 bits per heavy atom. The minimum atomic E-state index is -0.356. The highest BCUT2D eigenvalue weighted by molar-refractivity contribution is 7.80. The zero-order valence-corrected chi connectivity index (χ0v) is 18.0. The maximum Gasteiger partial charge on any atom is 0.414 e. The molecule has 0 saturated carbocycles. The van der Waals surface area contributed by atoms with E-state index in [1.807, 2.05) is 42.5 Å². The number of nitrogens with one attached hydrogen (secondary N) is 1. The van der Waals surface area contributed by atoms with Crippen LogP contribution in [0.2, 0.25) is 5.02 Å². The Morgan fingerprint density at radius 1 is 1.07 bits per heavy atom. The van der Waals surface area contributed by atoms with E-state index in [9.17, 15) is 4.79 Å². The van der Waals surface area contributed by atoms with Crippen LogP contribution >= 0.6 is 23.8 Å². The second-order valence-corrected chi connectivity index (χ2v) is 8.15. The van der Waals surface area contributed by atoms with Crippen LogP contribution in [-0.2, 0) is 4.74 Å². The van der Waals surface area contributed by atoms with E-state index in [4.69, 9.17) is 34.3 Å². The molecule has 2 saturated heterocycles. The Balaban J connectivity index is 1.35. The first kappa shape index (κ1) is 20.6. The van der Waals surface area contributed by atoms with Gasteiger partial charge in [0.1, 0.15) is 6.10 Å². The molecule has 4 rings (SSSR count). The van der Waals surface area contributed by atoms with E-state index >= 15 is 0 Å². The maximum absolute atomic E-state index is 12.2. The van der Waals surface area contributed by atoms with Gasteiger partial charge in [-0.05, 0) is 48.6 Å². The predicted octanol–water partition coefficient (Wildman–Crippen LogP) is 2.83. The lowest BCUT2D eigenvalue weighted by molar-refractivity contribution is 0.143. The molecule has 2 aliphatic heterocycles. The fourth-order valence-corrected chi connectivity index (χ4v) is 4.15. The van der Waals surface area contributed by atoms with Gasteiger partial charge in [-0.3, -0.25) is 4.90 Å². The Kier molecular flexibility index (Phi) is 6.15. The number of benzene rings is 2. The second-order valence-electron chi connectivity index (χ2n) is 7.30. The Bertz CT molecular complexity index is 918. The number of hydrogen-bond donors (Lipinski definition) is 2. The van der Waals surface area contributed by atoms with E-state index < -0.39 is 0 Å². The van der Waals surface area contributed by atoms with E-state index in [2.05, 4.69) is 21.2 Å². The van der Waals surface area contributed by atoms with Crippen LogP contribution in [0.15, 0.2) is 48.5 Å². The number of nitrogens with two attached hydrogens (primary N) is 1. The van der Waals surface area contributed by atoms with Gasteiger partial charge in [-0.25, -0.2) is 4.79 Å². The first-order chi connectivity index (χ1) is 14.5. The molecule has 9 heteroatoms. The topological polar surface area (TPSA) is 74.1 Å². The number of anilines is 3. The number of thiocarbonyl (C=S) groups is 1. The van der Waals surface area contributed by atoms with E-state index in [1.165, 1.54) is 0 Å². The summed E-state index contributed by atoms with van der Waals surface area (Å²) in [6, 6.07) is 16.0. The molecule has 3 N–H and O–H groups in total. The van der Waals surface area contributed by atoms with Crippen LogP contribution in [0.5, 0.6) is 0 Å². The molecule has 0 radical (unpaired) electrons. The van der Waals surface area contributed by atoms with E-state index in [1.54, 1.807) is 4.90 Å². The van der Waals surface area contributed by atoms with Crippen molar-refractivity contribution in [2.24, 2.45) is 5.73 Å². The smallest absolute Gasteiger partial charge is 0.414 e. The van der Waals surface area contributed by atoms with Gasteiger partial charge in [0.25, 0.3) is 0 Å². The first-order valence-corrected chi connectivity index (χ1v) is 10.7. The monoisotopic (exact) mass is 445 g/mol. The van der Waals surface area contributed by atoms with Crippen molar-refractivity contribution in [3.63, 3.8) is 0 Å². The molecular formula is C21H24ClN5O2S. The van der Waals surface area contributed by atoms with Crippen molar-refractivity contribution in [1.82, 2.24) is 5.32 Å². The van der Waals surface area contributed by atoms with Crippen molar-refractivity contribution >= 4 is 52.1 Å². The number of para-hydroxylation sites is 1. The minimum Gasteiger partial charge on any atom is -0.442 e. The van der Waals surface area contributed by atoms with Crippen molar-refractivity contribution in [2.75, 3.05) is 54.0 Å². The molecular weight excluding hydrogens is 422 g/mol. The van der Waals surface area contributed by atoms with Crippen LogP contribution < -0.4 is 25.8 Å². The average molecular weight is 446 g/mol. The zero-order chi connectivity index (χ0) is 21.1. The molecule has 2 aromatic carbocycles. The summed E-state index contributed by atoms with van der Waals surface area (Å²) < 4.78 is 5.37. The van der Waals surface area contributed by atoms with E-state index in [-0.39, 0.29) is 17.3 Å². The third-order valence-corrected chi connectivity index (χ3v) is 5.84. The van der Waals surface area contributed by atoms with Crippen LogP contribution in [0.4, 0.5) is 21.9 Å². The average Bonchev–Trinajstić information content (AvgIpc) is 3.13. The van der Waals surface area contributed by atoms with Gasteiger partial charge in [0.2, 0.25) is 0 Å². The summed E-state index contributed by atoms with van der Waals surface area (Å²) in [4.78, 5) is 18.5. The van der Waals surface area contributed by atoms with E-state index in [0.29, 0.717) is 13.1 Å². The van der Waals surface area contributed by atoms with Gasteiger partial charge in [0, 0.05) is 37.6 Å². The third kappa shape index (κ3) is 4.55. The largest absolute Gasteiger partial charge is 0.442 e. The molecule has 7 nitrogen and oxygen atoms in total. The standard InChI is InChI=1S/C21H24ClN5O2S/c22-18-3-1-2-4-19(18)26-11-9-25(10-12-26)15-5-7-16(8-6-15)27-14-17(29-21(27)28)13-24-20(23)30/h1-8,17H,9-14H2,(H3,23,24,30)/t17-/m0/s1. The van der Waals surface area contributed by atoms with Gasteiger partial charge < -0.3 is 25.6 Å². The van der Waals surface area contributed by atoms with Gasteiger partial charge in [0.15, 0.2) is 5.11 Å². The van der Waals surface area contributed by atoms with Crippen LogP contribution in [0.1, 0.15) is 0 Å². The minimum absolute atomic E-state index is 0.198. The third-order valence-electron chi connectivity index (χ3n) is 5.38. The molecule has 1 atom stereocenters. The SMILES string of the molecule is NC(=S)NC[C@H]1CN(c2ccc(N3CCN(c4ccccc4Cl)CC3)cc2)C(=O)O1. The van der Waals surface area contributed by atoms with Crippen molar-refractivity contribution in [3.05, 3.63) is 53.6 Å². The molecule has 0 aromatic heterocycles. The van der Waals surface area contributed by atoms with Gasteiger partial charge >= 0.3 is 6.09 Å². The van der Waals surface area contributed by atoms with Gasteiger partial charge in [-0.1, -0.05) is 23.7 Å². The first-order valence-electron chi connectivity index (χ1n) is 9.87. The van der Waals surface area contributed by atoms with Crippen molar-refractivity contribution in [2.45, 2.75) is 6.10 Å². The van der Waals surface area contributed by atoms with Crippen LogP contribution in [0.3, 0.4) is 0 Å². The fraction of sp³-hybridized carbons (Fsp3) is 0.333. The molecule has 2 heterocycles. The summed E-state index contributed by atoms with van der Waals surface area (Å²) in [5.41, 5.74) is 8.48. The quantitative estimate of drug-likeness (QED) is 0.685. The lowest BCUT2D eigenvalue weighted by Gasteiger charge is -2.37. The van der Waals surface area contributed by atoms with Gasteiger partial charge in [-0.2, -0.15) is 0 Å². The van der Waals surface area contributed by atoms with Crippen molar-refractivity contribution < 1.29 is 9.53 Å². The summed E-state index contributed by atoms with van der Waals surface area (Å²) in [5.74, 6) is 0. The highest BCUT2D eigenvalue weighted by Gasteiger charge is 2.32. The van der Waals surface area contributed by atoms with Crippen LogP contribution in [0, 0.1) is 0 Å². The maximum atomic E-state index is 12.2. The normalized spacial score (nSPS) is 19.0. The van der Waals surface area contributed by atoms with Crippen molar-refractivity contribution in [1.29, 1.82) is 0 Å². The van der Waals surface area contributed by atoms with Crippen LogP contribution in [0.25, 0.3) is 0 Å². The molecule has 2 aliphatic rings. The number of amides is 1. The zero-order valence-electron chi connectivity index (χ0n) is 16.5. The molecule has 2 fully saturated rings. The molecule has 30 heavy (non-hydrogen) atoms. The predicted molar refractivity (Wildman–Crippen MR) is 125 cm³/mol. The molecule has 0 aliphatic carbocycles. The second kappa shape index (κ2) is 8.97. The number of piperazine rings is 1. The summed E-state index contributed by atoms with van der Waals surface area (Å²) >= 11 is 11.1. The lowest BCUT2D eigenvalue weighted by atomic mass is 10.2. The van der Waals surface area contributed by atoms with Gasteiger partial charge in [-0.15, -0.1) is 0 Å². The summed E-state index contributed by atoms with van der Waals surface area (Å²) in [7, 11) is 0. The highest BCUT2D eigenvalue weighted by atomic mass is 35.5. The Hall–Kier alpha value is -2.71. The number of carbonyl (C=O) groups is 1. The molecule has 2 aromatic rings. The molecule has 1 amide bonds. The number of halogens is 1. The molecule has 0 unspecified atom stereocenters. The number of carbonyl (C=O) groups excluding carboxylic acids is 1. The molecule has 0 bridgehead atoms. The van der Waals surface area contributed by atoms with E-state index in [0.717, 1.165) is 48.3 Å². The highest BCUT2D eigenvalue weighted by Crippen LogP contribution is 2.28. The number of cyclic esters (lactones) is 1. The van der Waals surface area contributed by atoms with Gasteiger partial charge in [0.05, 0.1) is 23.8 Å². The fourth-order valence-electron chi connectivity index (χ4n) is 3.81. The Labute approximate surface area is 186 Å². The summed E-state index contributed by atoms with van der Waals surface area (Å²) in [6.07, 6.45) is -0.637. The lowest BCUT2D eigenvalue weighted by Crippen LogP contribution is -2.46. The Morgan fingerprint density at radius 3 is 2.37 bits per heavy atom. The number of ether oxygens (including phenoxy) is 1. The molecule has 0 spiro atoms. The summed E-state index contributed by atoms with van der Waals surface area (Å²) in [6.45, 7) is 4.49. The number of hydrogen-bond acceptors (Lipinski definition) is 5. The molecule has 158 valence electrons. The number of rotatable bonds is 5. The van der Waals surface area contributed by atoms with Crippen LogP contribution in [-0.4, -0.2) is 56.6 Å². The number of nitrogens with zero attached hydrogens (tertiary/aromatic N) is 3. The van der Waals surface area contributed by atoms with Crippen molar-refractivity contribution in [3.8, 4) is 0 Å².